The zero-order valence-corrected chi connectivity index (χ0v) is 32.7. The zero-order chi connectivity index (χ0) is 40.1. The number of ether oxygens (including phenoxy) is 1. The summed E-state index contributed by atoms with van der Waals surface area (Å²) in [6.45, 7) is 8.61. The van der Waals surface area contributed by atoms with Gasteiger partial charge in [-0.2, -0.15) is 0 Å². The van der Waals surface area contributed by atoms with Crippen LogP contribution in [-0.2, 0) is 14.3 Å². The number of benzene rings is 2. The number of aromatic amines is 2. The average molecular weight is 763 g/mol. The lowest BCUT2D eigenvalue weighted by atomic mass is 10.0. The van der Waals surface area contributed by atoms with Crippen molar-refractivity contribution in [3.05, 3.63) is 83.7 Å². The van der Waals surface area contributed by atoms with E-state index in [0.29, 0.717) is 24.7 Å². The maximum Gasteiger partial charge on any atom is 0.407 e. The van der Waals surface area contributed by atoms with Crippen molar-refractivity contribution in [3.63, 3.8) is 0 Å². The predicted molar refractivity (Wildman–Crippen MR) is 210 cm³/mol. The Labute approximate surface area is 327 Å². The maximum absolute atomic E-state index is 13.6. The van der Waals surface area contributed by atoms with Crippen molar-refractivity contribution < 1.29 is 29.0 Å². The second-order valence-electron chi connectivity index (χ2n) is 15.1. The molecule has 14 heteroatoms. The van der Waals surface area contributed by atoms with Crippen LogP contribution in [0.3, 0.4) is 0 Å². The molecule has 4 amide bonds. The molecule has 2 aromatic heterocycles. The summed E-state index contributed by atoms with van der Waals surface area (Å²) in [5.74, 6) is 7.26. The van der Waals surface area contributed by atoms with Gasteiger partial charge in [-0.1, -0.05) is 63.8 Å². The Hall–Kier alpha value is -6.10. The van der Waals surface area contributed by atoms with Crippen LogP contribution in [0.5, 0.6) is 0 Å². The van der Waals surface area contributed by atoms with E-state index in [1.54, 1.807) is 22.2 Å². The molecule has 0 saturated carbocycles. The van der Waals surface area contributed by atoms with Gasteiger partial charge < -0.3 is 34.9 Å². The number of carbonyl (C=O) groups is 4. The summed E-state index contributed by atoms with van der Waals surface area (Å²) in [4.78, 5) is 71.7. The van der Waals surface area contributed by atoms with Gasteiger partial charge in [-0.3, -0.25) is 14.5 Å². The molecular weight excluding hydrogens is 713 g/mol. The summed E-state index contributed by atoms with van der Waals surface area (Å²) in [7, 11) is 2.72. The first-order chi connectivity index (χ1) is 26.9. The van der Waals surface area contributed by atoms with Crippen LogP contribution in [-0.4, -0.2) is 103 Å². The molecule has 2 fully saturated rings. The molecule has 2 aliphatic rings. The van der Waals surface area contributed by atoms with Crippen molar-refractivity contribution in [1.29, 1.82) is 0 Å². The average Bonchev–Trinajstić information content (AvgIpc) is 4.02. The van der Waals surface area contributed by atoms with E-state index in [0.717, 1.165) is 64.2 Å². The van der Waals surface area contributed by atoms with Crippen molar-refractivity contribution in [3.8, 4) is 34.4 Å². The number of rotatable bonds is 10. The van der Waals surface area contributed by atoms with Crippen LogP contribution in [0.2, 0.25) is 0 Å². The highest BCUT2D eigenvalue weighted by molar-refractivity contribution is 5.87. The number of H-pyrrole nitrogens is 2. The molecule has 4 heterocycles. The summed E-state index contributed by atoms with van der Waals surface area (Å²) >= 11 is 0. The number of imidazole rings is 2. The number of aromatic nitrogens is 4. The normalized spacial score (nSPS) is 17.7. The van der Waals surface area contributed by atoms with Crippen LogP contribution in [0.15, 0.2) is 60.9 Å². The fraction of sp³-hybridized carbons (Fsp3) is 0.429. The summed E-state index contributed by atoms with van der Waals surface area (Å²) in [6, 6.07) is 13.7. The molecule has 4 N–H and O–H groups in total. The number of methoxy groups -OCH3 is 1. The third-order valence-electron chi connectivity index (χ3n) is 10.6. The number of alkyl carbamates (subject to hydrolysis) is 1. The SMILES string of the molecule is COC(=O)N[C@H](C(=O)N1CCC[C@H]1c1ncc(-c2cccc(C#Cc3cccc(-c4cnc([C@@H]5CCCN5C(=O)[C@H](C(C)C)N(C)C(=O)O)[nH]4)c3)c2)[nH]1)C(C)C. The third-order valence-corrected chi connectivity index (χ3v) is 10.6. The first-order valence-corrected chi connectivity index (χ1v) is 19.1. The Balaban J connectivity index is 1.15. The van der Waals surface area contributed by atoms with Gasteiger partial charge >= 0.3 is 12.2 Å². The Kier molecular flexibility index (Phi) is 12.1. The molecule has 0 bridgehead atoms. The van der Waals surface area contributed by atoms with Crippen LogP contribution in [0, 0.1) is 23.7 Å². The molecule has 2 aliphatic heterocycles. The molecule has 4 aromatic rings. The molecule has 14 nitrogen and oxygen atoms in total. The van der Waals surface area contributed by atoms with E-state index >= 15 is 0 Å². The zero-order valence-electron chi connectivity index (χ0n) is 32.7. The van der Waals surface area contributed by atoms with Crippen molar-refractivity contribution in [1.82, 2.24) is 40.0 Å². The lowest BCUT2D eigenvalue weighted by Gasteiger charge is -2.33. The Bertz CT molecular complexity index is 2130. The highest BCUT2D eigenvalue weighted by Gasteiger charge is 2.40. The maximum atomic E-state index is 13.6. The highest BCUT2D eigenvalue weighted by Crippen LogP contribution is 2.35. The third kappa shape index (κ3) is 8.57. The smallest absolute Gasteiger partial charge is 0.407 e. The van der Waals surface area contributed by atoms with Crippen LogP contribution < -0.4 is 5.32 Å². The summed E-state index contributed by atoms with van der Waals surface area (Å²) < 4.78 is 4.75. The van der Waals surface area contributed by atoms with E-state index < -0.39 is 24.3 Å². The van der Waals surface area contributed by atoms with E-state index in [2.05, 4.69) is 37.1 Å². The minimum absolute atomic E-state index is 0.120. The molecule has 294 valence electrons. The number of carbonyl (C=O) groups excluding carboxylic acids is 3. The van der Waals surface area contributed by atoms with Gasteiger partial charge in [-0.05, 0) is 61.8 Å². The number of nitrogens with zero attached hydrogens (tertiary/aromatic N) is 5. The Morgan fingerprint density at radius 2 is 1.32 bits per heavy atom. The molecule has 2 saturated heterocycles. The number of likely N-dealkylation sites (tertiary alicyclic amines) is 2. The quantitative estimate of drug-likeness (QED) is 0.138. The number of carboxylic acid groups (broad SMARTS) is 1. The van der Waals surface area contributed by atoms with Gasteiger partial charge in [0.25, 0.3) is 0 Å². The van der Waals surface area contributed by atoms with Crippen molar-refractivity contribution >= 4 is 24.0 Å². The fourth-order valence-corrected chi connectivity index (χ4v) is 7.67. The van der Waals surface area contributed by atoms with Crippen LogP contribution in [0.4, 0.5) is 9.59 Å². The van der Waals surface area contributed by atoms with Gasteiger partial charge in [0.2, 0.25) is 11.8 Å². The molecule has 6 rings (SSSR count). The van der Waals surface area contributed by atoms with Gasteiger partial charge in [0.15, 0.2) is 0 Å². The summed E-state index contributed by atoms with van der Waals surface area (Å²) in [5.41, 5.74) is 5.05. The number of hydrogen-bond donors (Lipinski definition) is 4. The van der Waals surface area contributed by atoms with Gasteiger partial charge in [0, 0.05) is 42.4 Å². The van der Waals surface area contributed by atoms with Crippen LogP contribution in [0.1, 0.15) is 88.2 Å². The summed E-state index contributed by atoms with van der Waals surface area (Å²) in [6.07, 6.45) is 4.89. The molecule has 0 aliphatic carbocycles. The highest BCUT2D eigenvalue weighted by atomic mass is 16.5. The molecule has 4 atom stereocenters. The fourth-order valence-electron chi connectivity index (χ4n) is 7.67. The molecule has 56 heavy (non-hydrogen) atoms. The number of nitrogens with one attached hydrogen (secondary N) is 3. The lowest BCUT2D eigenvalue weighted by molar-refractivity contribution is -0.138. The van der Waals surface area contributed by atoms with E-state index in [1.807, 2.05) is 76.2 Å². The number of likely N-dealkylation sites (N-methyl/N-ethyl adjacent to an activating group) is 1. The molecule has 0 spiro atoms. The van der Waals surface area contributed by atoms with Crippen LogP contribution >= 0.6 is 0 Å². The molecular formula is C42H50N8O6. The van der Waals surface area contributed by atoms with Crippen molar-refractivity contribution in [2.45, 2.75) is 77.5 Å². The van der Waals surface area contributed by atoms with E-state index in [9.17, 15) is 24.3 Å². The van der Waals surface area contributed by atoms with Crippen LogP contribution in [0.25, 0.3) is 22.5 Å². The second-order valence-corrected chi connectivity index (χ2v) is 15.1. The van der Waals surface area contributed by atoms with Gasteiger partial charge in [-0.25, -0.2) is 19.6 Å². The number of hydrogen-bond acceptors (Lipinski definition) is 7. The van der Waals surface area contributed by atoms with Crippen molar-refractivity contribution in [2.24, 2.45) is 11.8 Å². The van der Waals surface area contributed by atoms with Crippen molar-refractivity contribution in [2.75, 3.05) is 27.2 Å². The van der Waals surface area contributed by atoms with Gasteiger partial charge in [0.1, 0.15) is 23.7 Å². The lowest BCUT2D eigenvalue weighted by Crippen LogP contribution is -2.51. The summed E-state index contributed by atoms with van der Waals surface area (Å²) in [5, 5.41) is 12.3. The van der Waals surface area contributed by atoms with Gasteiger partial charge in [0.05, 0.1) is 43.0 Å². The van der Waals surface area contributed by atoms with E-state index in [-0.39, 0.29) is 35.7 Å². The Morgan fingerprint density at radius 3 is 1.77 bits per heavy atom. The second kappa shape index (κ2) is 17.1. The number of amides is 4. The molecule has 2 aromatic carbocycles. The van der Waals surface area contributed by atoms with E-state index in [4.69, 9.17) is 4.74 Å². The van der Waals surface area contributed by atoms with Gasteiger partial charge in [-0.15, -0.1) is 0 Å². The standard InChI is InChI=1S/C42H50N8O6/c1-25(2)35(47-41(53)56-6)39(51)49-19-9-15-33(49)37-43-23-31(45-37)29-13-7-11-27(21-29)17-18-28-12-8-14-30(22-28)32-24-44-38(46-32)34-16-10-20-50(34)40(52)36(26(3)4)48(5)42(54)55/h7-8,11-14,21-26,33-36H,9-10,15-16,19-20H2,1-6H3,(H,43,45)(H,44,46)(H,47,53)(H,54,55)/t33-,34-,35-,36-/m0/s1. The minimum atomic E-state index is -1.13. The monoisotopic (exact) mass is 762 g/mol. The first-order valence-electron chi connectivity index (χ1n) is 19.1. The largest absolute Gasteiger partial charge is 0.465 e. The first kappa shape index (κ1) is 39.6. The Morgan fingerprint density at radius 1 is 0.821 bits per heavy atom. The molecule has 0 radical (unpaired) electrons. The predicted octanol–water partition coefficient (Wildman–Crippen LogP) is 6.21. The molecule has 0 unspecified atom stereocenters. The van der Waals surface area contributed by atoms with E-state index in [1.165, 1.54) is 14.2 Å². The topological polar surface area (TPSA) is 177 Å². The minimum Gasteiger partial charge on any atom is -0.465 e.